The molecule has 3 rings (SSSR count). The second-order valence-electron chi connectivity index (χ2n) is 5.10. The number of ketones is 1. The molecule has 0 spiro atoms. The Balaban J connectivity index is 2.01. The van der Waals surface area contributed by atoms with E-state index >= 15 is 0 Å². The Morgan fingerprint density at radius 3 is 2.82 bits per heavy atom. The second-order valence-corrected chi connectivity index (χ2v) is 5.10. The van der Waals surface area contributed by atoms with E-state index in [0.717, 1.165) is 18.5 Å². The SMILES string of the molecule is CN1CCc2cc(C3(C#N)CC(=O)C3)ccc21. The number of Topliss-reactive ketones (excluding diaryl/α,β-unsaturated/α-hetero) is 1. The van der Waals surface area contributed by atoms with E-state index in [-0.39, 0.29) is 5.78 Å². The highest BCUT2D eigenvalue weighted by Crippen LogP contribution is 2.42. The maximum Gasteiger partial charge on any atom is 0.136 e. The average molecular weight is 226 g/mol. The van der Waals surface area contributed by atoms with E-state index in [1.54, 1.807) is 0 Å². The van der Waals surface area contributed by atoms with Gasteiger partial charge >= 0.3 is 0 Å². The Kier molecular flexibility index (Phi) is 2.03. The highest BCUT2D eigenvalue weighted by atomic mass is 16.1. The van der Waals surface area contributed by atoms with Gasteiger partial charge < -0.3 is 4.90 Å². The first-order valence-corrected chi connectivity index (χ1v) is 5.92. The minimum atomic E-state index is -0.534. The van der Waals surface area contributed by atoms with Crippen LogP contribution in [0.1, 0.15) is 24.0 Å². The van der Waals surface area contributed by atoms with E-state index in [0.29, 0.717) is 12.8 Å². The lowest BCUT2D eigenvalue weighted by Crippen LogP contribution is -2.40. The molecule has 2 aliphatic rings. The number of nitrogens with zero attached hydrogens (tertiary/aromatic N) is 2. The molecule has 17 heavy (non-hydrogen) atoms. The van der Waals surface area contributed by atoms with E-state index < -0.39 is 5.41 Å². The molecule has 3 nitrogen and oxygen atoms in total. The fraction of sp³-hybridized carbons (Fsp3) is 0.429. The lowest BCUT2D eigenvalue weighted by molar-refractivity contribution is -0.126. The number of rotatable bonds is 1. The van der Waals surface area contributed by atoms with Crippen molar-refractivity contribution in [1.82, 2.24) is 0 Å². The van der Waals surface area contributed by atoms with E-state index in [9.17, 15) is 10.1 Å². The first-order chi connectivity index (χ1) is 8.14. The number of nitriles is 1. The summed E-state index contributed by atoms with van der Waals surface area (Å²) in [6, 6.07) is 8.54. The molecule has 1 aliphatic carbocycles. The molecule has 0 amide bonds. The Morgan fingerprint density at radius 1 is 1.41 bits per heavy atom. The fourth-order valence-corrected chi connectivity index (χ4v) is 2.83. The zero-order chi connectivity index (χ0) is 12.0. The molecule has 1 saturated carbocycles. The van der Waals surface area contributed by atoms with Crippen LogP contribution in [-0.4, -0.2) is 19.4 Å². The summed E-state index contributed by atoms with van der Waals surface area (Å²) in [5.41, 5.74) is 3.05. The monoisotopic (exact) mass is 226 g/mol. The van der Waals surface area contributed by atoms with Gasteiger partial charge in [-0.1, -0.05) is 12.1 Å². The Labute approximate surface area is 101 Å². The molecule has 1 heterocycles. The lowest BCUT2D eigenvalue weighted by atomic mass is 9.64. The van der Waals surface area contributed by atoms with Crippen LogP contribution in [-0.2, 0) is 16.6 Å². The summed E-state index contributed by atoms with van der Waals surface area (Å²) in [7, 11) is 2.08. The number of carbonyl (C=O) groups is 1. The molecule has 0 radical (unpaired) electrons. The number of hydrogen-bond donors (Lipinski definition) is 0. The van der Waals surface area contributed by atoms with Gasteiger partial charge in [0.15, 0.2) is 0 Å². The molecule has 0 unspecified atom stereocenters. The smallest absolute Gasteiger partial charge is 0.136 e. The molecular formula is C14H14N2O. The molecule has 0 bridgehead atoms. The third-order valence-electron chi connectivity index (χ3n) is 3.97. The zero-order valence-electron chi connectivity index (χ0n) is 9.86. The van der Waals surface area contributed by atoms with Crippen molar-refractivity contribution < 1.29 is 4.79 Å². The standard InChI is InChI=1S/C14H14N2O/c1-16-5-4-10-6-11(2-3-13(10)16)14(9-15)7-12(17)8-14/h2-3,6H,4-5,7-8H2,1H3. The van der Waals surface area contributed by atoms with Gasteiger partial charge in [-0.25, -0.2) is 0 Å². The second kappa shape index (κ2) is 3.33. The minimum absolute atomic E-state index is 0.198. The minimum Gasteiger partial charge on any atom is -0.374 e. The van der Waals surface area contributed by atoms with Gasteiger partial charge in [-0.05, 0) is 23.6 Å². The van der Waals surface area contributed by atoms with E-state index in [1.165, 1.54) is 11.3 Å². The van der Waals surface area contributed by atoms with Crippen LogP contribution in [0, 0.1) is 11.3 Å². The molecule has 1 aromatic rings. The van der Waals surface area contributed by atoms with Gasteiger partial charge in [-0.15, -0.1) is 0 Å². The number of anilines is 1. The van der Waals surface area contributed by atoms with Crippen molar-refractivity contribution in [1.29, 1.82) is 5.26 Å². The summed E-state index contributed by atoms with van der Waals surface area (Å²) in [5.74, 6) is 0.198. The van der Waals surface area contributed by atoms with Crippen LogP contribution in [0.15, 0.2) is 18.2 Å². The van der Waals surface area contributed by atoms with E-state index in [2.05, 4.69) is 30.1 Å². The van der Waals surface area contributed by atoms with Crippen molar-refractivity contribution in [2.75, 3.05) is 18.5 Å². The quantitative estimate of drug-likeness (QED) is 0.733. The van der Waals surface area contributed by atoms with Gasteiger partial charge in [0.25, 0.3) is 0 Å². The van der Waals surface area contributed by atoms with Crippen molar-refractivity contribution in [3.8, 4) is 6.07 Å². The third kappa shape index (κ3) is 1.37. The molecule has 0 atom stereocenters. The van der Waals surface area contributed by atoms with Gasteiger partial charge in [0.05, 0.1) is 11.5 Å². The largest absolute Gasteiger partial charge is 0.374 e. The van der Waals surface area contributed by atoms with Crippen LogP contribution in [0.3, 0.4) is 0 Å². The van der Waals surface area contributed by atoms with Crippen LogP contribution in [0.5, 0.6) is 0 Å². The number of benzene rings is 1. The summed E-state index contributed by atoms with van der Waals surface area (Å²) >= 11 is 0. The number of fused-ring (bicyclic) bond motifs is 1. The van der Waals surface area contributed by atoms with Gasteiger partial charge in [-0.3, -0.25) is 4.79 Å². The van der Waals surface area contributed by atoms with Gasteiger partial charge in [-0.2, -0.15) is 5.26 Å². The molecule has 3 heteroatoms. The van der Waals surface area contributed by atoms with Crippen molar-refractivity contribution in [3.05, 3.63) is 29.3 Å². The Hall–Kier alpha value is -1.82. The molecule has 0 N–H and O–H groups in total. The lowest BCUT2D eigenvalue weighted by Gasteiger charge is -2.34. The molecule has 1 aliphatic heterocycles. The summed E-state index contributed by atoms with van der Waals surface area (Å²) in [5, 5.41) is 9.30. The normalized spacial score (nSPS) is 20.7. The number of likely N-dealkylation sites (N-methyl/N-ethyl adjacent to an activating group) is 1. The average Bonchev–Trinajstić information content (AvgIpc) is 2.66. The maximum absolute atomic E-state index is 11.2. The van der Waals surface area contributed by atoms with E-state index in [1.807, 2.05) is 6.07 Å². The molecule has 0 saturated heterocycles. The predicted molar refractivity (Wildman–Crippen MR) is 64.9 cm³/mol. The molecule has 1 fully saturated rings. The summed E-state index contributed by atoms with van der Waals surface area (Å²) in [4.78, 5) is 13.4. The van der Waals surface area contributed by atoms with Crippen molar-refractivity contribution in [2.24, 2.45) is 0 Å². The van der Waals surface area contributed by atoms with Crippen molar-refractivity contribution >= 4 is 11.5 Å². The Morgan fingerprint density at radius 2 is 2.18 bits per heavy atom. The fourth-order valence-electron chi connectivity index (χ4n) is 2.83. The van der Waals surface area contributed by atoms with Crippen molar-refractivity contribution in [3.63, 3.8) is 0 Å². The first kappa shape index (κ1) is 10.3. The third-order valence-corrected chi connectivity index (χ3v) is 3.97. The van der Waals surface area contributed by atoms with Crippen LogP contribution in [0.2, 0.25) is 0 Å². The molecule has 1 aromatic carbocycles. The summed E-state index contributed by atoms with van der Waals surface area (Å²) in [6.45, 7) is 1.04. The summed E-state index contributed by atoms with van der Waals surface area (Å²) in [6.07, 6.45) is 1.81. The van der Waals surface area contributed by atoms with Crippen molar-refractivity contribution in [2.45, 2.75) is 24.7 Å². The highest BCUT2D eigenvalue weighted by molar-refractivity contribution is 5.90. The molecule has 0 aromatic heterocycles. The van der Waals surface area contributed by atoms with Crippen LogP contribution >= 0.6 is 0 Å². The van der Waals surface area contributed by atoms with Crippen LogP contribution in [0.25, 0.3) is 0 Å². The van der Waals surface area contributed by atoms with Gasteiger partial charge in [0.2, 0.25) is 0 Å². The Bertz CT molecular complexity index is 534. The van der Waals surface area contributed by atoms with Crippen LogP contribution < -0.4 is 4.90 Å². The first-order valence-electron chi connectivity index (χ1n) is 5.92. The van der Waals surface area contributed by atoms with Crippen LogP contribution in [0.4, 0.5) is 5.69 Å². The number of hydrogen-bond acceptors (Lipinski definition) is 3. The molecule has 86 valence electrons. The zero-order valence-corrected chi connectivity index (χ0v) is 9.86. The summed E-state index contributed by atoms with van der Waals surface area (Å²) < 4.78 is 0. The molecular weight excluding hydrogens is 212 g/mol. The van der Waals surface area contributed by atoms with Gasteiger partial charge in [0, 0.05) is 32.1 Å². The maximum atomic E-state index is 11.2. The number of carbonyl (C=O) groups excluding carboxylic acids is 1. The van der Waals surface area contributed by atoms with E-state index in [4.69, 9.17) is 0 Å². The highest BCUT2D eigenvalue weighted by Gasteiger charge is 2.45. The topological polar surface area (TPSA) is 44.1 Å². The predicted octanol–water partition coefficient (Wildman–Crippen LogP) is 1.80. The van der Waals surface area contributed by atoms with Gasteiger partial charge in [0.1, 0.15) is 5.78 Å².